The summed E-state index contributed by atoms with van der Waals surface area (Å²) in [6.07, 6.45) is 0.0679. The summed E-state index contributed by atoms with van der Waals surface area (Å²) < 4.78 is 21.9. The summed E-state index contributed by atoms with van der Waals surface area (Å²) in [5, 5.41) is 2.45. The molecule has 2 N–H and O–H groups in total. The van der Waals surface area contributed by atoms with E-state index in [1.807, 2.05) is 22.9 Å². The van der Waals surface area contributed by atoms with Gasteiger partial charge in [0.05, 0.1) is 40.6 Å². The molecule has 0 aromatic heterocycles. The van der Waals surface area contributed by atoms with Gasteiger partial charge in [0, 0.05) is 29.3 Å². The average molecular weight is 462 g/mol. The van der Waals surface area contributed by atoms with Crippen LogP contribution in [0.3, 0.4) is 0 Å². The van der Waals surface area contributed by atoms with E-state index in [4.69, 9.17) is 14.3 Å². The molecule has 0 aromatic carbocycles. The molecule has 0 saturated carbocycles. The van der Waals surface area contributed by atoms with Gasteiger partial charge >= 0.3 is 11.9 Å². The molecule has 0 aliphatic heterocycles. The minimum atomic E-state index is -0.931. The smallest absolute Gasteiger partial charge is 0.328 e. The summed E-state index contributed by atoms with van der Waals surface area (Å²) >= 11 is 1.84. The number of esters is 2. The number of ether oxygens (including phenoxy) is 4. The van der Waals surface area contributed by atoms with Gasteiger partial charge in [-0.25, -0.2) is 4.79 Å². The van der Waals surface area contributed by atoms with Gasteiger partial charge < -0.3 is 24.3 Å². The van der Waals surface area contributed by atoms with Gasteiger partial charge in [0.1, 0.15) is 12.6 Å². The van der Waals surface area contributed by atoms with Crippen molar-refractivity contribution in [3.05, 3.63) is 0 Å². The molecule has 0 spiro atoms. The highest BCUT2D eigenvalue weighted by Crippen LogP contribution is 2.01. The molecular weight excluding hydrogens is 439 g/mol. The second kappa shape index (κ2) is 15.5. The summed E-state index contributed by atoms with van der Waals surface area (Å²) in [6, 6.07) is -0.931. The minimum Gasteiger partial charge on any atom is -0.469 e. The Bertz CT molecular complexity index is 383. The Morgan fingerprint density at radius 3 is 2.29 bits per heavy atom. The number of amides is 1. The van der Waals surface area contributed by atoms with Crippen LogP contribution in [-0.2, 0) is 38.2 Å². The fourth-order valence-corrected chi connectivity index (χ4v) is 1.74. The molecule has 11 heteroatoms. The van der Waals surface area contributed by atoms with Crippen LogP contribution in [0.5, 0.6) is 0 Å². The van der Waals surface area contributed by atoms with Crippen LogP contribution in [-0.4, -0.2) is 71.1 Å². The summed E-state index contributed by atoms with van der Waals surface area (Å²) in [6.45, 7) is 1.08. The first kappa shape index (κ1) is 23.0. The number of hydrogen-bond donors (Lipinski definition) is 2. The molecule has 10 nitrogen and oxygen atoms in total. The van der Waals surface area contributed by atoms with Crippen LogP contribution < -0.4 is 9.01 Å². The van der Waals surface area contributed by atoms with Gasteiger partial charge in [0.25, 0.3) is 0 Å². The van der Waals surface area contributed by atoms with Gasteiger partial charge in [-0.2, -0.15) is 0 Å². The molecule has 0 unspecified atom stereocenters. The molecular formula is C13H23IN2O8. The first-order valence-electron chi connectivity index (χ1n) is 7.12. The normalized spacial score (nSPS) is 11.6. The van der Waals surface area contributed by atoms with E-state index in [-0.39, 0.29) is 26.1 Å². The zero-order valence-corrected chi connectivity index (χ0v) is 15.8. The van der Waals surface area contributed by atoms with Crippen LogP contribution in [0.15, 0.2) is 0 Å². The second-order valence-corrected chi connectivity index (χ2v) is 4.79. The van der Waals surface area contributed by atoms with Gasteiger partial charge in [-0.1, -0.05) is 0 Å². The fourth-order valence-electron chi connectivity index (χ4n) is 1.52. The lowest BCUT2D eigenvalue weighted by molar-refractivity contribution is -0.147. The van der Waals surface area contributed by atoms with Crippen LogP contribution in [0, 0.1) is 0 Å². The van der Waals surface area contributed by atoms with Crippen LogP contribution in [0.25, 0.3) is 0 Å². The van der Waals surface area contributed by atoms with Crippen molar-refractivity contribution in [2.75, 3.05) is 47.3 Å². The fraction of sp³-hybridized carbons (Fsp3) is 0.769. The van der Waals surface area contributed by atoms with Gasteiger partial charge in [-0.15, -0.1) is 3.69 Å². The first-order chi connectivity index (χ1) is 11.5. The average Bonchev–Trinajstić information content (AvgIpc) is 2.59. The molecule has 1 atom stereocenters. The number of methoxy groups -OCH3 is 2. The Hall–Kier alpha value is -1.02. The van der Waals surface area contributed by atoms with Crippen LogP contribution in [0.2, 0.25) is 0 Å². The molecule has 0 fully saturated rings. The number of carbonyl (C=O) groups excluding carboxylic acids is 3. The molecule has 0 aliphatic rings. The van der Waals surface area contributed by atoms with E-state index in [9.17, 15) is 14.4 Å². The topological polar surface area (TPSA) is 121 Å². The summed E-state index contributed by atoms with van der Waals surface area (Å²) in [5.41, 5.74) is 0. The van der Waals surface area contributed by atoms with Crippen molar-refractivity contribution < 1.29 is 38.2 Å². The maximum Gasteiger partial charge on any atom is 0.328 e. The Labute approximate surface area is 154 Å². The molecule has 0 bridgehead atoms. The van der Waals surface area contributed by atoms with Crippen LogP contribution >= 0.6 is 22.9 Å². The third kappa shape index (κ3) is 12.4. The number of halogens is 1. The quantitative estimate of drug-likeness (QED) is 0.116. The van der Waals surface area contributed by atoms with Crippen molar-refractivity contribution in [3.63, 3.8) is 0 Å². The highest BCUT2D eigenvalue weighted by atomic mass is 127. The van der Waals surface area contributed by atoms with Crippen LogP contribution in [0.4, 0.5) is 0 Å². The van der Waals surface area contributed by atoms with Crippen molar-refractivity contribution in [2.24, 2.45) is 0 Å². The molecule has 140 valence electrons. The Morgan fingerprint density at radius 1 is 1.00 bits per heavy atom. The van der Waals surface area contributed by atoms with E-state index in [0.717, 1.165) is 0 Å². The van der Waals surface area contributed by atoms with E-state index in [1.165, 1.54) is 14.2 Å². The lowest BCUT2D eigenvalue weighted by Gasteiger charge is -2.16. The molecule has 0 rings (SSSR count). The lowest BCUT2D eigenvalue weighted by Crippen LogP contribution is -2.43. The van der Waals surface area contributed by atoms with Crippen molar-refractivity contribution in [2.45, 2.75) is 18.9 Å². The van der Waals surface area contributed by atoms with Gasteiger partial charge in [0.15, 0.2) is 0 Å². The highest BCUT2D eigenvalue weighted by molar-refractivity contribution is 14.1. The Kier molecular flexibility index (Phi) is 14.8. The maximum atomic E-state index is 11.7. The predicted octanol–water partition coefficient (Wildman–Crippen LogP) is -0.498. The summed E-state index contributed by atoms with van der Waals surface area (Å²) in [5.74, 6) is -1.61. The van der Waals surface area contributed by atoms with Crippen molar-refractivity contribution >= 4 is 40.7 Å². The standard InChI is InChI=1S/C13H23IN2O8/c1-20-12(18)4-3-10(13(19)21-2)15-11(17)9-23-6-5-22-7-8-24-16-14/h10,16H,3-9H2,1-2H3,(H,15,17)/t10-/m0/s1. The highest BCUT2D eigenvalue weighted by Gasteiger charge is 2.22. The molecule has 0 aliphatic carbocycles. The van der Waals surface area contributed by atoms with Crippen LogP contribution in [0.1, 0.15) is 12.8 Å². The van der Waals surface area contributed by atoms with Crippen molar-refractivity contribution in [1.29, 1.82) is 0 Å². The first-order valence-corrected chi connectivity index (χ1v) is 8.20. The minimum absolute atomic E-state index is 0.0145. The third-order valence-electron chi connectivity index (χ3n) is 2.68. The Morgan fingerprint density at radius 2 is 1.67 bits per heavy atom. The summed E-state index contributed by atoms with van der Waals surface area (Å²) in [4.78, 5) is 39.3. The van der Waals surface area contributed by atoms with E-state index >= 15 is 0 Å². The van der Waals surface area contributed by atoms with E-state index in [1.54, 1.807) is 0 Å². The number of carbonyl (C=O) groups is 3. The molecule has 0 aromatic rings. The third-order valence-corrected chi connectivity index (χ3v) is 2.99. The summed E-state index contributed by atoms with van der Waals surface area (Å²) in [7, 11) is 2.44. The SMILES string of the molecule is COC(=O)CC[C@H](NC(=O)COCCOCCONI)C(=O)OC. The zero-order valence-electron chi connectivity index (χ0n) is 13.7. The predicted molar refractivity (Wildman–Crippen MR) is 89.9 cm³/mol. The molecule has 0 heterocycles. The number of hydrogen-bond acceptors (Lipinski definition) is 9. The van der Waals surface area contributed by atoms with Crippen molar-refractivity contribution in [1.82, 2.24) is 9.01 Å². The van der Waals surface area contributed by atoms with Gasteiger partial charge in [-0.05, 0) is 6.42 Å². The van der Waals surface area contributed by atoms with E-state index in [2.05, 4.69) is 18.5 Å². The lowest BCUT2D eigenvalue weighted by atomic mass is 10.1. The largest absolute Gasteiger partial charge is 0.469 e. The maximum absolute atomic E-state index is 11.7. The monoisotopic (exact) mass is 462 g/mol. The number of rotatable bonds is 14. The molecule has 1 amide bonds. The van der Waals surface area contributed by atoms with Gasteiger partial charge in [0.2, 0.25) is 5.91 Å². The zero-order chi connectivity index (χ0) is 18.2. The van der Waals surface area contributed by atoms with Gasteiger partial charge in [-0.3, -0.25) is 14.4 Å². The molecule has 0 radical (unpaired) electrons. The van der Waals surface area contributed by atoms with E-state index < -0.39 is 23.9 Å². The molecule has 24 heavy (non-hydrogen) atoms. The number of nitrogens with one attached hydrogen (secondary N) is 2. The van der Waals surface area contributed by atoms with Crippen molar-refractivity contribution in [3.8, 4) is 0 Å². The van der Waals surface area contributed by atoms with E-state index in [0.29, 0.717) is 19.8 Å². The second-order valence-electron chi connectivity index (χ2n) is 4.35. The Balaban J connectivity index is 3.92. The molecule has 0 saturated heterocycles.